The van der Waals surface area contributed by atoms with Crippen LogP contribution in [-0.2, 0) is 4.79 Å². The lowest BCUT2D eigenvalue weighted by Crippen LogP contribution is -2.52. The van der Waals surface area contributed by atoms with Gasteiger partial charge in [0.15, 0.2) is 0 Å². The summed E-state index contributed by atoms with van der Waals surface area (Å²) in [7, 11) is 2.16. The van der Waals surface area contributed by atoms with E-state index >= 15 is 0 Å². The van der Waals surface area contributed by atoms with Crippen LogP contribution in [0.5, 0.6) is 0 Å². The van der Waals surface area contributed by atoms with E-state index in [0.717, 1.165) is 43.7 Å². The molecule has 0 radical (unpaired) electrons. The molecule has 0 aromatic rings. The third-order valence-electron chi connectivity index (χ3n) is 6.00. The van der Waals surface area contributed by atoms with Crippen LogP contribution < -0.4 is 5.32 Å². The summed E-state index contributed by atoms with van der Waals surface area (Å²) in [6.07, 6.45) is 8.69. The van der Waals surface area contributed by atoms with Crippen LogP contribution in [-0.4, -0.2) is 47.7 Å². The first-order chi connectivity index (χ1) is 9.96. The van der Waals surface area contributed by atoms with E-state index in [0.29, 0.717) is 12.5 Å². The Morgan fingerprint density at radius 2 is 2.05 bits per heavy atom. The molecule has 4 heteroatoms. The zero-order valence-electron chi connectivity index (χ0n) is 13.5. The van der Waals surface area contributed by atoms with Crippen LogP contribution in [0.3, 0.4) is 0 Å². The average Bonchev–Trinajstić information content (AvgIpc) is 2.99. The number of aliphatic carboxylic acids is 1. The van der Waals surface area contributed by atoms with Crippen molar-refractivity contribution in [3.63, 3.8) is 0 Å². The molecule has 21 heavy (non-hydrogen) atoms. The molecule has 0 saturated heterocycles. The maximum Gasteiger partial charge on any atom is 0.323 e. The summed E-state index contributed by atoms with van der Waals surface area (Å²) < 4.78 is 0. The van der Waals surface area contributed by atoms with Crippen LogP contribution in [0.2, 0.25) is 0 Å². The third kappa shape index (κ3) is 3.59. The lowest BCUT2D eigenvalue weighted by Gasteiger charge is -2.31. The fourth-order valence-electron chi connectivity index (χ4n) is 4.43. The third-order valence-corrected chi connectivity index (χ3v) is 6.00. The quantitative estimate of drug-likeness (QED) is 0.721. The summed E-state index contributed by atoms with van der Waals surface area (Å²) >= 11 is 0. The number of rotatable bonds is 8. The summed E-state index contributed by atoms with van der Waals surface area (Å²) in [5, 5.41) is 12.8. The van der Waals surface area contributed by atoms with Gasteiger partial charge >= 0.3 is 5.97 Å². The van der Waals surface area contributed by atoms with E-state index in [-0.39, 0.29) is 0 Å². The van der Waals surface area contributed by atoms with Gasteiger partial charge in [0.05, 0.1) is 0 Å². The molecule has 2 bridgehead atoms. The molecule has 4 nitrogen and oxygen atoms in total. The summed E-state index contributed by atoms with van der Waals surface area (Å²) in [5.74, 6) is 2.10. The summed E-state index contributed by atoms with van der Waals surface area (Å²) in [6.45, 7) is 3.87. The summed E-state index contributed by atoms with van der Waals surface area (Å²) in [6, 6.07) is 0.432. The van der Waals surface area contributed by atoms with Crippen LogP contribution in [0, 0.1) is 17.8 Å². The topological polar surface area (TPSA) is 52.6 Å². The number of carboxylic acids is 1. The second kappa shape index (κ2) is 5.88. The molecule has 0 amide bonds. The van der Waals surface area contributed by atoms with Crippen molar-refractivity contribution < 1.29 is 9.90 Å². The van der Waals surface area contributed by atoms with E-state index in [1.165, 1.54) is 25.7 Å². The lowest BCUT2D eigenvalue weighted by atomic mass is 9.88. The van der Waals surface area contributed by atoms with Gasteiger partial charge in [-0.15, -0.1) is 0 Å². The number of hydrogen-bond acceptors (Lipinski definition) is 3. The molecule has 0 aromatic carbocycles. The molecule has 2 N–H and O–H groups in total. The van der Waals surface area contributed by atoms with Crippen LogP contribution in [0.1, 0.15) is 51.9 Å². The number of fused-ring (bicyclic) bond motifs is 2. The van der Waals surface area contributed by atoms with Crippen molar-refractivity contribution in [3.05, 3.63) is 0 Å². The number of nitrogens with one attached hydrogen (secondary N) is 1. The molecule has 120 valence electrons. The van der Waals surface area contributed by atoms with Crippen molar-refractivity contribution in [2.75, 3.05) is 20.1 Å². The molecule has 0 aliphatic heterocycles. The van der Waals surface area contributed by atoms with Gasteiger partial charge in [-0.2, -0.15) is 0 Å². The first-order valence-electron chi connectivity index (χ1n) is 8.66. The van der Waals surface area contributed by atoms with E-state index in [1.807, 2.05) is 6.92 Å². The first kappa shape index (κ1) is 15.3. The van der Waals surface area contributed by atoms with Gasteiger partial charge in [-0.05, 0) is 70.3 Å². The molecule has 0 spiro atoms. The Morgan fingerprint density at radius 1 is 1.29 bits per heavy atom. The molecule has 4 atom stereocenters. The number of nitrogens with zero attached hydrogens (tertiary/aromatic N) is 1. The zero-order valence-corrected chi connectivity index (χ0v) is 13.5. The Hall–Kier alpha value is -0.610. The normalized spacial score (nSPS) is 34.3. The second-order valence-electron chi connectivity index (χ2n) is 8.00. The van der Waals surface area contributed by atoms with Crippen molar-refractivity contribution in [1.82, 2.24) is 10.2 Å². The lowest BCUT2D eigenvalue weighted by molar-refractivity contribution is -0.144. The monoisotopic (exact) mass is 294 g/mol. The maximum absolute atomic E-state index is 11.6. The SMILES string of the molecule is CN(CCC(C)(NC1CC1)C(=O)O)CC1CC2CCC1C2. The molecule has 0 heterocycles. The Kier molecular flexibility index (Phi) is 4.28. The van der Waals surface area contributed by atoms with Crippen LogP contribution >= 0.6 is 0 Å². The Labute approximate surface area is 128 Å². The first-order valence-corrected chi connectivity index (χ1v) is 8.66. The fourth-order valence-corrected chi connectivity index (χ4v) is 4.43. The minimum Gasteiger partial charge on any atom is -0.480 e. The van der Waals surface area contributed by atoms with Gasteiger partial charge in [0.1, 0.15) is 5.54 Å². The van der Waals surface area contributed by atoms with Gasteiger partial charge in [0.25, 0.3) is 0 Å². The highest BCUT2D eigenvalue weighted by Crippen LogP contribution is 2.48. The van der Waals surface area contributed by atoms with Gasteiger partial charge in [-0.1, -0.05) is 6.42 Å². The average molecular weight is 294 g/mol. The zero-order chi connectivity index (χ0) is 15.0. The molecule has 3 aliphatic carbocycles. The van der Waals surface area contributed by atoms with E-state index in [4.69, 9.17) is 0 Å². The highest BCUT2D eigenvalue weighted by Gasteiger charge is 2.41. The van der Waals surface area contributed by atoms with Gasteiger partial charge in [0.2, 0.25) is 0 Å². The van der Waals surface area contributed by atoms with Crippen molar-refractivity contribution in [2.45, 2.75) is 63.5 Å². The van der Waals surface area contributed by atoms with Gasteiger partial charge in [0, 0.05) is 19.1 Å². The van der Waals surface area contributed by atoms with Crippen LogP contribution in [0.4, 0.5) is 0 Å². The van der Waals surface area contributed by atoms with Crippen molar-refractivity contribution in [1.29, 1.82) is 0 Å². The highest BCUT2D eigenvalue weighted by molar-refractivity contribution is 5.78. The van der Waals surface area contributed by atoms with Crippen molar-refractivity contribution >= 4 is 5.97 Å². The minimum absolute atomic E-state index is 0.432. The van der Waals surface area contributed by atoms with E-state index in [1.54, 1.807) is 0 Å². The molecule has 0 aromatic heterocycles. The number of carboxylic acid groups (broad SMARTS) is 1. The van der Waals surface area contributed by atoms with Crippen LogP contribution in [0.15, 0.2) is 0 Å². The van der Waals surface area contributed by atoms with Gasteiger partial charge in [-0.3, -0.25) is 10.1 Å². The number of hydrogen-bond donors (Lipinski definition) is 2. The fraction of sp³-hybridized carbons (Fsp3) is 0.941. The van der Waals surface area contributed by atoms with Crippen molar-refractivity contribution in [2.24, 2.45) is 17.8 Å². The maximum atomic E-state index is 11.6. The standard InChI is InChI=1S/C17H30N2O2/c1-17(16(20)21,18-15-5-6-15)7-8-19(2)11-14-10-12-3-4-13(14)9-12/h12-15,18H,3-11H2,1-2H3,(H,20,21). The van der Waals surface area contributed by atoms with E-state index < -0.39 is 11.5 Å². The predicted molar refractivity (Wildman–Crippen MR) is 83.3 cm³/mol. The number of carbonyl (C=O) groups is 1. The second-order valence-corrected chi connectivity index (χ2v) is 8.00. The largest absolute Gasteiger partial charge is 0.480 e. The molecular formula is C17H30N2O2. The van der Waals surface area contributed by atoms with Gasteiger partial charge < -0.3 is 10.0 Å². The van der Waals surface area contributed by atoms with Crippen molar-refractivity contribution in [3.8, 4) is 0 Å². The molecular weight excluding hydrogens is 264 g/mol. The molecule has 3 saturated carbocycles. The predicted octanol–water partition coefficient (Wildman–Crippen LogP) is 2.34. The molecule has 3 fully saturated rings. The molecule has 3 rings (SSSR count). The molecule has 4 unspecified atom stereocenters. The van der Waals surface area contributed by atoms with E-state index in [9.17, 15) is 9.90 Å². The Morgan fingerprint density at radius 3 is 2.57 bits per heavy atom. The summed E-state index contributed by atoms with van der Waals surface area (Å²) in [4.78, 5) is 13.9. The smallest absolute Gasteiger partial charge is 0.323 e. The van der Waals surface area contributed by atoms with Gasteiger partial charge in [-0.25, -0.2) is 0 Å². The summed E-state index contributed by atoms with van der Waals surface area (Å²) in [5.41, 5.74) is -0.760. The van der Waals surface area contributed by atoms with Crippen LogP contribution in [0.25, 0.3) is 0 Å². The Bertz CT molecular complexity index is 396. The Balaban J connectivity index is 1.45. The minimum atomic E-state index is -0.760. The highest BCUT2D eigenvalue weighted by atomic mass is 16.4. The van der Waals surface area contributed by atoms with E-state index in [2.05, 4.69) is 17.3 Å². The molecule has 3 aliphatic rings.